The molecule has 1 aromatic heterocycles. The maximum Gasteiger partial charge on any atom is 0.258 e. The maximum absolute atomic E-state index is 12.0. The van der Waals surface area contributed by atoms with Crippen molar-refractivity contribution >= 4 is 28.0 Å². The van der Waals surface area contributed by atoms with Gasteiger partial charge in [0.05, 0.1) is 6.04 Å². The first-order valence-corrected chi connectivity index (χ1v) is 8.05. The predicted octanol–water partition coefficient (Wildman–Crippen LogP) is 4.16. The number of ether oxygens (including phenoxy) is 1. The second-order valence-corrected chi connectivity index (χ2v) is 6.05. The Hall–Kier alpha value is -2.33. The van der Waals surface area contributed by atoms with Crippen LogP contribution in [-0.4, -0.2) is 12.5 Å². The smallest absolute Gasteiger partial charge is 0.258 e. The number of carbonyl (C=O) groups is 1. The van der Waals surface area contributed by atoms with Gasteiger partial charge in [0.1, 0.15) is 5.75 Å². The standard InChI is InChI=1S/C18H17NO2S/c1-13(17-10-5-11-22-17)19-18(20)12-21-16-9-4-7-14-6-2-3-8-15(14)16/h2-11,13H,12H2,1H3,(H,19,20)/t13-/m1/s1. The molecule has 3 nitrogen and oxygen atoms in total. The first-order valence-electron chi connectivity index (χ1n) is 7.17. The zero-order valence-electron chi connectivity index (χ0n) is 12.3. The Kier molecular flexibility index (Phi) is 4.39. The lowest BCUT2D eigenvalue weighted by Gasteiger charge is -2.13. The van der Waals surface area contributed by atoms with Crippen molar-refractivity contribution in [1.82, 2.24) is 5.32 Å². The van der Waals surface area contributed by atoms with E-state index in [0.29, 0.717) is 0 Å². The number of benzene rings is 2. The molecule has 2 aromatic carbocycles. The first-order chi connectivity index (χ1) is 10.7. The Bertz CT molecular complexity index is 762. The molecular formula is C18H17NO2S. The van der Waals surface area contributed by atoms with Crippen LogP contribution >= 0.6 is 11.3 Å². The number of nitrogens with one attached hydrogen (secondary N) is 1. The van der Waals surface area contributed by atoms with Crippen molar-refractivity contribution in [2.75, 3.05) is 6.61 Å². The molecule has 1 N–H and O–H groups in total. The minimum atomic E-state index is -0.117. The molecule has 0 fully saturated rings. The molecule has 0 saturated carbocycles. The van der Waals surface area contributed by atoms with Crippen molar-refractivity contribution in [2.45, 2.75) is 13.0 Å². The average molecular weight is 311 g/mol. The molecule has 0 saturated heterocycles. The minimum Gasteiger partial charge on any atom is -0.483 e. The second kappa shape index (κ2) is 6.62. The van der Waals surface area contributed by atoms with Crippen molar-refractivity contribution in [2.24, 2.45) is 0 Å². The lowest BCUT2D eigenvalue weighted by molar-refractivity contribution is -0.123. The molecule has 3 rings (SSSR count). The SMILES string of the molecule is C[C@@H](NC(=O)COc1cccc2ccccc12)c1cccs1. The van der Waals surface area contributed by atoms with Crippen LogP contribution in [0.15, 0.2) is 60.0 Å². The van der Waals surface area contributed by atoms with E-state index in [2.05, 4.69) is 5.32 Å². The number of thiophene rings is 1. The first kappa shape index (κ1) is 14.6. The summed E-state index contributed by atoms with van der Waals surface area (Å²) >= 11 is 1.63. The Morgan fingerprint density at radius 3 is 2.77 bits per heavy atom. The Labute approximate surface area is 133 Å². The lowest BCUT2D eigenvalue weighted by Crippen LogP contribution is -2.30. The fourth-order valence-electron chi connectivity index (χ4n) is 2.36. The summed E-state index contributed by atoms with van der Waals surface area (Å²) in [7, 11) is 0. The summed E-state index contributed by atoms with van der Waals surface area (Å²) < 4.78 is 5.69. The molecular weight excluding hydrogens is 294 g/mol. The topological polar surface area (TPSA) is 38.3 Å². The van der Waals surface area contributed by atoms with Crippen LogP contribution in [0.1, 0.15) is 17.8 Å². The molecule has 1 amide bonds. The third-order valence-corrected chi connectivity index (χ3v) is 4.51. The Morgan fingerprint density at radius 2 is 1.95 bits per heavy atom. The van der Waals surface area contributed by atoms with Crippen LogP contribution in [-0.2, 0) is 4.79 Å². The van der Waals surface area contributed by atoms with Gasteiger partial charge < -0.3 is 10.1 Å². The van der Waals surface area contributed by atoms with Crippen LogP contribution in [0.25, 0.3) is 10.8 Å². The highest BCUT2D eigenvalue weighted by molar-refractivity contribution is 7.10. The highest BCUT2D eigenvalue weighted by Gasteiger charge is 2.11. The maximum atomic E-state index is 12.0. The van der Waals surface area contributed by atoms with Gasteiger partial charge in [-0.05, 0) is 29.8 Å². The summed E-state index contributed by atoms with van der Waals surface area (Å²) in [5.74, 6) is 0.617. The molecule has 0 aliphatic rings. The van der Waals surface area contributed by atoms with Crippen LogP contribution in [0.2, 0.25) is 0 Å². The fourth-order valence-corrected chi connectivity index (χ4v) is 3.09. The van der Waals surface area contributed by atoms with Gasteiger partial charge in [0.25, 0.3) is 5.91 Å². The summed E-state index contributed by atoms with van der Waals surface area (Å²) in [4.78, 5) is 13.2. The van der Waals surface area contributed by atoms with Crippen molar-refractivity contribution in [3.8, 4) is 5.75 Å². The van der Waals surface area contributed by atoms with Gasteiger partial charge in [-0.25, -0.2) is 0 Å². The Morgan fingerprint density at radius 1 is 1.14 bits per heavy atom. The summed E-state index contributed by atoms with van der Waals surface area (Å²) in [6.07, 6.45) is 0. The molecule has 0 unspecified atom stereocenters. The molecule has 0 radical (unpaired) electrons. The number of hydrogen-bond acceptors (Lipinski definition) is 3. The molecule has 0 spiro atoms. The second-order valence-electron chi connectivity index (χ2n) is 5.07. The van der Waals surface area contributed by atoms with E-state index in [-0.39, 0.29) is 18.6 Å². The molecule has 0 aliphatic heterocycles. The van der Waals surface area contributed by atoms with E-state index in [0.717, 1.165) is 21.4 Å². The highest BCUT2D eigenvalue weighted by atomic mass is 32.1. The largest absolute Gasteiger partial charge is 0.483 e. The Balaban J connectivity index is 1.63. The average Bonchev–Trinajstić information content (AvgIpc) is 3.07. The quantitative estimate of drug-likeness (QED) is 0.768. The third kappa shape index (κ3) is 3.28. The van der Waals surface area contributed by atoms with Crippen molar-refractivity contribution in [3.63, 3.8) is 0 Å². The number of carbonyl (C=O) groups excluding carboxylic acids is 1. The van der Waals surface area contributed by atoms with Gasteiger partial charge in [0, 0.05) is 10.3 Å². The van der Waals surface area contributed by atoms with E-state index in [9.17, 15) is 4.79 Å². The fraction of sp³-hybridized carbons (Fsp3) is 0.167. The van der Waals surface area contributed by atoms with Crippen LogP contribution in [0.5, 0.6) is 5.75 Å². The van der Waals surface area contributed by atoms with Crippen LogP contribution in [0.3, 0.4) is 0 Å². The number of fused-ring (bicyclic) bond motifs is 1. The van der Waals surface area contributed by atoms with E-state index in [1.54, 1.807) is 11.3 Å². The van der Waals surface area contributed by atoms with E-state index >= 15 is 0 Å². The zero-order valence-corrected chi connectivity index (χ0v) is 13.1. The molecule has 0 aliphatic carbocycles. The van der Waals surface area contributed by atoms with Gasteiger partial charge >= 0.3 is 0 Å². The summed E-state index contributed by atoms with van der Waals surface area (Å²) in [6, 6.07) is 17.8. The highest BCUT2D eigenvalue weighted by Crippen LogP contribution is 2.25. The van der Waals surface area contributed by atoms with Gasteiger partial charge in [-0.1, -0.05) is 42.5 Å². The molecule has 1 atom stereocenters. The zero-order chi connectivity index (χ0) is 15.4. The molecule has 3 aromatic rings. The van der Waals surface area contributed by atoms with Crippen molar-refractivity contribution in [3.05, 3.63) is 64.9 Å². The van der Waals surface area contributed by atoms with E-state index in [1.807, 2.05) is 66.9 Å². The lowest BCUT2D eigenvalue weighted by atomic mass is 10.1. The van der Waals surface area contributed by atoms with Crippen molar-refractivity contribution in [1.29, 1.82) is 0 Å². The van der Waals surface area contributed by atoms with Crippen LogP contribution in [0, 0.1) is 0 Å². The molecule has 22 heavy (non-hydrogen) atoms. The summed E-state index contributed by atoms with van der Waals surface area (Å²) in [5, 5.41) is 7.07. The number of rotatable bonds is 5. The van der Waals surface area contributed by atoms with Gasteiger partial charge in [0.2, 0.25) is 0 Å². The van der Waals surface area contributed by atoms with E-state index in [4.69, 9.17) is 4.74 Å². The van der Waals surface area contributed by atoms with Gasteiger partial charge in [-0.2, -0.15) is 0 Å². The van der Waals surface area contributed by atoms with Crippen LogP contribution < -0.4 is 10.1 Å². The molecule has 0 bridgehead atoms. The van der Waals surface area contributed by atoms with Crippen LogP contribution in [0.4, 0.5) is 0 Å². The summed E-state index contributed by atoms with van der Waals surface area (Å²) in [6.45, 7) is 1.99. The third-order valence-electron chi connectivity index (χ3n) is 3.46. The van der Waals surface area contributed by atoms with Gasteiger partial charge in [-0.3, -0.25) is 4.79 Å². The molecule has 4 heteroatoms. The van der Waals surface area contributed by atoms with E-state index < -0.39 is 0 Å². The minimum absolute atomic E-state index is 0.00335. The van der Waals surface area contributed by atoms with E-state index in [1.165, 1.54) is 0 Å². The predicted molar refractivity (Wildman–Crippen MR) is 90.3 cm³/mol. The summed E-state index contributed by atoms with van der Waals surface area (Å²) in [5.41, 5.74) is 0. The number of hydrogen-bond donors (Lipinski definition) is 1. The van der Waals surface area contributed by atoms with Crippen molar-refractivity contribution < 1.29 is 9.53 Å². The number of amides is 1. The monoisotopic (exact) mass is 311 g/mol. The van der Waals surface area contributed by atoms with Gasteiger partial charge in [-0.15, -0.1) is 11.3 Å². The normalized spacial score (nSPS) is 12.0. The molecule has 1 heterocycles. The van der Waals surface area contributed by atoms with Gasteiger partial charge in [0.15, 0.2) is 6.61 Å². The molecule has 112 valence electrons.